The SMILES string of the molecule is COc1cc(/C=C(\C#N)C(=O)Nc2ncc(Cc3ccc(Br)cc3)s2)ccc1OCc1ccccc1. The van der Waals surface area contributed by atoms with Crippen molar-refractivity contribution in [3.05, 3.63) is 111 Å². The zero-order chi connectivity index (χ0) is 25.3. The van der Waals surface area contributed by atoms with E-state index in [-0.39, 0.29) is 5.57 Å². The number of hydrogen-bond acceptors (Lipinski definition) is 6. The first-order chi connectivity index (χ1) is 17.5. The number of methoxy groups -OCH3 is 1. The second kappa shape index (κ2) is 12.2. The number of nitrogens with zero attached hydrogens (tertiary/aromatic N) is 2. The summed E-state index contributed by atoms with van der Waals surface area (Å²) in [6.07, 6.45) is 3.95. The van der Waals surface area contributed by atoms with Gasteiger partial charge in [-0.05, 0) is 47.0 Å². The Morgan fingerprint density at radius 2 is 1.86 bits per heavy atom. The molecule has 0 aliphatic rings. The van der Waals surface area contributed by atoms with E-state index < -0.39 is 5.91 Å². The second-order valence-corrected chi connectivity index (χ2v) is 9.77. The number of hydrogen-bond donors (Lipinski definition) is 1. The number of ether oxygens (including phenoxy) is 2. The third-order valence-electron chi connectivity index (χ3n) is 5.17. The van der Waals surface area contributed by atoms with E-state index in [9.17, 15) is 10.1 Å². The molecule has 0 radical (unpaired) electrons. The molecule has 1 N–H and O–H groups in total. The van der Waals surface area contributed by atoms with E-state index in [0.717, 1.165) is 20.5 Å². The van der Waals surface area contributed by atoms with Crippen molar-refractivity contribution < 1.29 is 14.3 Å². The van der Waals surface area contributed by atoms with Crippen LogP contribution < -0.4 is 14.8 Å². The maximum Gasteiger partial charge on any atom is 0.268 e. The van der Waals surface area contributed by atoms with Gasteiger partial charge in [0.25, 0.3) is 5.91 Å². The van der Waals surface area contributed by atoms with Gasteiger partial charge in [-0.2, -0.15) is 5.26 Å². The number of nitriles is 1. The monoisotopic (exact) mass is 559 g/mol. The van der Waals surface area contributed by atoms with E-state index in [1.54, 1.807) is 31.5 Å². The standard InChI is InChI=1S/C28H22BrN3O3S/c1-34-26-15-21(9-12-25(26)35-18-20-5-3-2-4-6-20)13-22(16-30)27(33)32-28-31-17-24(36-28)14-19-7-10-23(29)11-8-19/h2-13,15,17H,14,18H2,1H3,(H,31,32,33)/b22-13+. The van der Waals surface area contributed by atoms with E-state index in [2.05, 4.69) is 26.2 Å². The fourth-order valence-corrected chi connectivity index (χ4v) is 4.46. The van der Waals surface area contributed by atoms with Crippen molar-refractivity contribution in [2.75, 3.05) is 12.4 Å². The lowest BCUT2D eigenvalue weighted by Gasteiger charge is -2.11. The highest BCUT2D eigenvalue weighted by molar-refractivity contribution is 9.10. The third kappa shape index (κ3) is 6.81. The predicted molar refractivity (Wildman–Crippen MR) is 145 cm³/mol. The molecule has 0 aliphatic carbocycles. The number of carbonyl (C=O) groups excluding carboxylic acids is 1. The largest absolute Gasteiger partial charge is 0.493 e. The molecule has 6 nitrogen and oxygen atoms in total. The molecule has 0 unspecified atom stereocenters. The minimum absolute atomic E-state index is 0.0420. The molecule has 1 amide bonds. The van der Waals surface area contributed by atoms with E-state index >= 15 is 0 Å². The van der Waals surface area contributed by atoms with E-state index in [4.69, 9.17) is 9.47 Å². The minimum Gasteiger partial charge on any atom is -0.493 e. The molecular formula is C28H22BrN3O3S. The van der Waals surface area contributed by atoms with Crippen LogP contribution in [0.5, 0.6) is 11.5 Å². The van der Waals surface area contributed by atoms with Crippen molar-refractivity contribution in [2.24, 2.45) is 0 Å². The summed E-state index contributed by atoms with van der Waals surface area (Å²) in [6.45, 7) is 0.399. The molecule has 4 aromatic rings. The van der Waals surface area contributed by atoms with Gasteiger partial charge >= 0.3 is 0 Å². The van der Waals surface area contributed by atoms with Crippen LogP contribution in [0, 0.1) is 11.3 Å². The van der Waals surface area contributed by atoms with Crippen LogP contribution >= 0.6 is 27.3 Å². The van der Waals surface area contributed by atoms with Gasteiger partial charge in [0.2, 0.25) is 0 Å². The molecule has 36 heavy (non-hydrogen) atoms. The summed E-state index contributed by atoms with van der Waals surface area (Å²) in [4.78, 5) is 18.0. The molecule has 1 heterocycles. The van der Waals surface area contributed by atoms with Crippen molar-refractivity contribution in [3.63, 3.8) is 0 Å². The average Bonchev–Trinajstić information content (AvgIpc) is 3.34. The van der Waals surface area contributed by atoms with Crippen LogP contribution in [-0.4, -0.2) is 18.0 Å². The summed E-state index contributed by atoms with van der Waals surface area (Å²) < 4.78 is 12.4. The summed E-state index contributed by atoms with van der Waals surface area (Å²) in [5.74, 6) is 0.558. The molecule has 0 bridgehead atoms. The molecular weight excluding hydrogens is 538 g/mol. The van der Waals surface area contributed by atoms with Crippen molar-refractivity contribution in [2.45, 2.75) is 13.0 Å². The topological polar surface area (TPSA) is 84.2 Å². The van der Waals surface area contributed by atoms with Crippen molar-refractivity contribution in [3.8, 4) is 17.6 Å². The smallest absolute Gasteiger partial charge is 0.268 e. The summed E-state index contributed by atoms with van der Waals surface area (Å²) >= 11 is 4.81. The van der Waals surface area contributed by atoms with Crippen LogP contribution in [0.4, 0.5) is 5.13 Å². The van der Waals surface area contributed by atoms with Gasteiger partial charge in [-0.25, -0.2) is 4.98 Å². The number of thiazole rings is 1. The Bertz CT molecular complexity index is 1410. The number of aromatic nitrogens is 1. The first-order valence-electron chi connectivity index (χ1n) is 11.0. The lowest BCUT2D eigenvalue weighted by molar-refractivity contribution is -0.112. The summed E-state index contributed by atoms with van der Waals surface area (Å²) in [5, 5.41) is 12.8. The van der Waals surface area contributed by atoms with Crippen LogP contribution in [0.1, 0.15) is 21.6 Å². The second-order valence-electron chi connectivity index (χ2n) is 7.74. The molecule has 180 valence electrons. The molecule has 4 rings (SSSR count). The number of amides is 1. The number of benzene rings is 3. The molecule has 0 saturated heterocycles. The lowest BCUT2D eigenvalue weighted by Crippen LogP contribution is -2.13. The highest BCUT2D eigenvalue weighted by Crippen LogP contribution is 2.30. The summed E-state index contributed by atoms with van der Waals surface area (Å²) in [5.41, 5.74) is 2.77. The normalized spacial score (nSPS) is 11.0. The highest BCUT2D eigenvalue weighted by Gasteiger charge is 2.13. The zero-order valence-electron chi connectivity index (χ0n) is 19.4. The Kier molecular flexibility index (Phi) is 8.50. The van der Waals surface area contributed by atoms with Gasteiger partial charge in [0, 0.05) is 22.0 Å². The van der Waals surface area contributed by atoms with Gasteiger partial charge in [-0.3, -0.25) is 10.1 Å². The van der Waals surface area contributed by atoms with Crippen LogP contribution in [0.15, 0.2) is 89.0 Å². The summed E-state index contributed by atoms with van der Waals surface area (Å²) in [7, 11) is 1.55. The van der Waals surface area contributed by atoms with Crippen LogP contribution in [0.2, 0.25) is 0 Å². The molecule has 0 saturated carbocycles. The first-order valence-corrected chi connectivity index (χ1v) is 12.6. The van der Waals surface area contributed by atoms with Gasteiger partial charge < -0.3 is 9.47 Å². The fraction of sp³-hybridized carbons (Fsp3) is 0.107. The third-order valence-corrected chi connectivity index (χ3v) is 6.61. The number of anilines is 1. The van der Waals surface area contributed by atoms with Crippen molar-refractivity contribution in [1.82, 2.24) is 4.98 Å². The quantitative estimate of drug-likeness (QED) is 0.184. The zero-order valence-corrected chi connectivity index (χ0v) is 21.8. The molecule has 1 aromatic heterocycles. The van der Waals surface area contributed by atoms with Crippen LogP contribution in [-0.2, 0) is 17.8 Å². The highest BCUT2D eigenvalue weighted by atomic mass is 79.9. The van der Waals surface area contributed by atoms with E-state index in [1.807, 2.05) is 60.7 Å². The number of halogens is 1. The van der Waals surface area contributed by atoms with Gasteiger partial charge in [0.15, 0.2) is 16.6 Å². The maximum atomic E-state index is 12.7. The van der Waals surface area contributed by atoms with Gasteiger partial charge in [-0.1, -0.05) is 64.5 Å². The number of rotatable bonds is 9. The number of nitrogens with one attached hydrogen (secondary N) is 1. The Morgan fingerprint density at radius 1 is 1.08 bits per heavy atom. The van der Waals surface area contributed by atoms with Crippen LogP contribution in [0.3, 0.4) is 0 Å². The van der Waals surface area contributed by atoms with Crippen molar-refractivity contribution >= 4 is 44.4 Å². The Labute approximate surface area is 222 Å². The Balaban J connectivity index is 1.42. The van der Waals surface area contributed by atoms with Crippen molar-refractivity contribution in [1.29, 1.82) is 5.26 Å². The Morgan fingerprint density at radius 3 is 2.58 bits per heavy atom. The lowest BCUT2D eigenvalue weighted by atomic mass is 10.1. The molecule has 3 aromatic carbocycles. The van der Waals surface area contributed by atoms with Gasteiger partial charge in [0.1, 0.15) is 18.2 Å². The first kappa shape index (κ1) is 25.2. The average molecular weight is 560 g/mol. The van der Waals surface area contributed by atoms with E-state index in [0.29, 0.717) is 35.2 Å². The predicted octanol–water partition coefficient (Wildman–Crippen LogP) is 6.63. The molecule has 0 aliphatic heterocycles. The molecule has 0 atom stereocenters. The number of carbonyl (C=O) groups is 1. The molecule has 0 fully saturated rings. The van der Waals surface area contributed by atoms with Gasteiger partial charge in [0.05, 0.1) is 7.11 Å². The minimum atomic E-state index is -0.523. The maximum absolute atomic E-state index is 12.7. The van der Waals surface area contributed by atoms with E-state index in [1.165, 1.54) is 17.4 Å². The van der Waals surface area contributed by atoms with Crippen LogP contribution in [0.25, 0.3) is 6.08 Å². The summed E-state index contributed by atoms with van der Waals surface area (Å²) in [6, 6.07) is 25.1. The van der Waals surface area contributed by atoms with Gasteiger partial charge in [-0.15, -0.1) is 11.3 Å². The molecule has 0 spiro atoms. The fourth-order valence-electron chi connectivity index (χ4n) is 3.36. The molecule has 8 heteroatoms. The Hall–Kier alpha value is -3.93.